The van der Waals surface area contributed by atoms with Crippen molar-refractivity contribution in [2.75, 3.05) is 6.61 Å². The second kappa shape index (κ2) is 59.6. The number of ketones is 3. The van der Waals surface area contributed by atoms with Gasteiger partial charge in [0.2, 0.25) is 0 Å². The number of rotatable bonds is 21. The summed E-state index contributed by atoms with van der Waals surface area (Å²) >= 11 is 0. The number of hydrogen-bond acceptors (Lipinski definition) is 13. The first kappa shape index (κ1) is 91.7. The fourth-order valence-corrected chi connectivity index (χ4v) is 6.04. The fraction of sp³-hybridized carbons (Fsp3) is 0.541. The highest BCUT2D eigenvalue weighted by Gasteiger charge is 2.09. The number of carbonyl (C=O) groups excluding carboxylic acids is 5. The van der Waals surface area contributed by atoms with Gasteiger partial charge in [0.15, 0.2) is 5.78 Å². The summed E-state index contributed by atoms with van der Waals surface area (Å²) in [4.78, 5) is 57.9. The Hall–Kier alpha value is -8.02. The van der Waals surface area contributed by atoms with E-state index < -0.39 is 5.97 Å². The van der Waals surface area contributed by atoms with Crippen molar-refractivity contribution in [1.82, 2.24) is 45.0 Å². The van der Waals surface area contributed by atoms with Gasteiger partial charge >= 0.3 is 5.97 Å². The number of aliphatic hydroxyl groups is 1. The second-order valence-corrected chi connectivity index (χ2v) is 24.3. The molecule has 0 spiro atoms. The molecule has 506 valence electrons. The largest absolute Gasteiger partial charge is 0.481 e. The third-order valence-corrected chi connectivity index (χ3v) is 11.5. The van der Waals surface area contributed by atoms with Crippen LogP contribution in [0.25, 0.3) is 0 Å². The summed E-state index contributed by atoms with van der Waals surface area (Å²) < 4.78 is 5.67. The van der Waals surface area contributed by atoms with Gasteiger partial charge in [-0.15, -0.1) is 40.0 Å². The molecule has 3 heterocycles. The van der Waals surface area contributed by atoms with Crippen LogP contribution in [-0.4, -0.2) is 98.7 Å². The third-order valence-electron chi connectivity index (χ3n) is 11.5. The van der Waals surface area contributed by atoms with Crippen LogP contribution in [-0.2, 0) is 69.3 Å². The van der Waals surface area contributed by atoms with E-state index in [0.717, 1.165) is 80.8 Å². The molecule has 0 atom stereocenters. The van der Waals surface area contributed by atoms with Crippen LogP contribution in [0.1, 0.15) is 202 Å². The average Bonchev–Trinajstić information content (AvgIpc) is 3.47. The second-order valence-electron chi connectivity index (χ2n) is 24.3. The Morgan fingerprint density at radius 1 is 0.516 bits per heavy atom. The highest BCUT2D eigenvalue weighted by Crippen LogP contribution is 2.11. The Balaban J connectivity index is -0.000000314. The summed E-state index contributed by atoms with van der Waals surface area (Å²) in [6.45, 7) is 46.1. The maximum atomic E-state index is 11.3. The number of carbonyl (C=O) groups is 6. The normalized spacial score (nSPS) is 9.80. The first-order valence-corrected chi connectivity index (χ1v) is 31.5. The Labute approximate surface area is 549 Å². The van der Waals surface area contributed by atoms with Crippen LogP contribution in [0, 0.1) is 72.0 Å². The van der Waals surface area contributed by atoms with Gasteiger partial charge in [0.1, 0.15) is 25.1 Å². The number of terminal acetylenes is 2. The van der Waals surface area contributed by atoms with Crippen molar-refractivity contribution in [2.45, 2.75) is 209 Å². The van der Waals surface area contributed by atoms with E-state index in [9.17, 15) is 19.2 Å². The molecular weight excluding hydrogens is 1140 g/mol. The Morgan fingerprint density at radius 3 is 1.13 bits per heavy atom. The van der Waals surface area contributed by atoms with Crippen LogP contribution in [0.15, 0.2) is 110 Å². The molecule has 0 radical (unpaired) electrons. The van der Waals surface area contributed by atoms with E-state index in [1.807, 2.05) is 138 Å². The summed E-state index contributed by atoms with van der Waals surface area (Å²) in [6.07, 6.45) is 22.3. The van der Waals surface area contributed by atoms with Crippen LogP contribution in [0.3, 0.4) is 0 Å². The Bertz CT molecular complexity index is 2750. The summed E-state index contributed by atoms with van der Waals surface area (Å²) in [6, 6.07) is 30.3. The topological polar surface area (TPSA) is 235 Å². The maximum absolute atomic E-state index is 11.3. The molecule has 0 aliphatic carbocycles. The summed E-state index contributed by atoms with van der Waals surface area (Å²) in [5.74, 6) is 8.34. The van der Waals surface area contributed by atoms with Crippen LogP contribution in [0.2, 0.25) is 0 Å². The number of aliphatic carboxylic acids is 1. The minimum Gasteiger partial charge on any atom is -0.481 e. The van der Waals surface area contributed by atoms with Gasteiger partial charge in [0.25, 0.3) is 0 Å². The molecule has 0 saturated heterocycles. The molecule has 3 aromatic heterocycles. The van der Waals surface area contributed by atoms with Crippen molar-refractivity contribution in [3.8, 4) is 24.7 Å². The number of Topliss-reactive ketones (excluding diaryl/α,β-unsaturated/α-hetero) is 3. The molecule has 91 heavy (non-hydrogen) atoms. The molecule has 0 amide bonds. The van der Waals surface area contributed by atoms with E-state index in [2.05, 4.69) is 153 Å². The number of nitrogens with zero attached hydrogens (tertiary/aromatic N) is 9. The lowest BCUT2D eigenvalue weighted by atomic mass is 10.0. The third kappa shape index (κ3) is 59.4. The monoisotopic (exact) mass is 1260 g/mol. The Morgan fingerprint density at radius 2 is 0.868 bits per heavy atom. The van der Waals surface area contributed by atoms with Crippen molar-refractivity contribution in [1.29, 1.82) is 0 Å². The van der Waals surface area contributed by atoms with E-state index in [1.54, 1.807) is 27.7 Å². The van der Waals surface area contributed by atoms with Crippen molar-refractivity contribution in [2.24, 2.45) is 47.3 Å². The fourth-order valence-electron chi connectivity index (χ4n) is 6.04. The van der Waals surface area contributed by atoms with E-state index in [1.165, 1.54) is 11.1 Å². The number of carboxylic acids is 1. The van der Waals surface area contributed by atoms with Gasteiger partial charge in [-0.05, 0) is 86.7 Å². The SMILES string of the molecule is C#CC(C)C.C#CCC(C)C.C=O.C=O.CC(=O)C(C)C.CC(=O)CCCn1cc(CC(C)C)nn1.CC(C)C(=O)O.CC(C)C(=O)c1ccccc1.CC(C)CO.CC(C)Cc1cn(CCc2ccccc2)nn1.CC(C)c1cn(CCc2ccccc2)nn1. The number of aliphatic hydroxyl groups excluding tert-OH is 1. The highest BCUT2D eigenvalue weighted by molar-refractivity contribution is 5.97. The Kier molecular flexibility index (Phi) is 60.1. The van der Waals surface area contributed by atoms with E-state index in [0.29, 0.717) is 48.5 Å². The minimum absolute atomic E-state index is 0.0948. The van der Waals surface area contributed by atoms with Crippen LogP contribution < -0.4 is 0 Å². The zero-order chi connectivity index (χ0) is 70.9. The number of benzene rings is 3. The van der Waals surface area contributed by atoms with E-state index >= 15 is 0 Å². The van der Waals surface area contributed by atoms with Gasteiger partial charge < -0.3 is 24.6 Å². The first-order chi connectivity index (χ1) is 42.9. The molecule has 2 N–H and O–H groups in total. The number of aryl methyl sites for hydroxylation is 5. The van der Waals surface area contributed by atoms with Crippen LogP contribution in [0.5, 0.6) is 0 Å². The summed E-state index contributed by atoms with van der Waals surface area (Å²) in [7, 11) is 0. The van der Waals surface area contributed by atoms with Crippen molar-refractivity contribution in [3.63, 3.8) is 0 Å². The molecule has 0 unspecified atom stereocenters. The van der Waals surface area contributed by atoms with Gasteiger partial charge in [0, 0.05) is 81.0 Å². The van der Waals surface area contributed by atoms with E-state index in [-0.39, 0.29) is 35.1 Å². The molecule has 17 heteroatoms. The van der Waals surface area contributed by atoms with Gasteiger partial charge in [-0.1, -0.05) is 231 Å². The molecule has 3 aromatic carbocycles. The highest BCUT2D eigenvalue weighted by atomic mass is 16.4. The maximum Gasteiger partial charge on any atom is 0.305 e. The molecule has 0 aliphatic rings. The number of aromatic nitrogens is 9. The average molecular weight is 1260 g/mol. The lowest BCUT2D eigenvalue weighted by molar-refractivity contribution is -0.140. The van der Waals surface area contributed by atoms with Crippen molar-refractivity contribution < 1.29 is 39.0 Å². The standard InChI is InChI=1S/C14H19N3.C13H17N3.C11H19N3O.C10H12O.C6H10.C5H10O.C5H8.C4H8O2.C4H10O.2CH2O/c1-12(2)10-14-11-17(16-15-14)9-8-13-6-4-3-5-7-13;1-11(2)13-10-16(15-14-13)9-8-12-6-4-3-5-7-12;1-9(2)7-11-8-14(13-12-11)6-4-5-10(3)15;1-8(2)10(11)9-6-4-3-5-7-9;1-4-5-6(2)3;1-4(2)5(3)6;1-4-5(2)3;1-3(2)4(5)6;1-4(2)3-5;2*1-2/h3-7,11-12H,8-10H2,1-2H3;3-7,10-11H,8-9H2,1-2H3;8-9H,4-7H2,1-3H3;3-8H,1-2H3;1,6H,5H2,2-3H3;4H,1-3H3;1,5H,2-3H3;3H,1-2H3,(H,5,6);4-5H,3H2,1-2H3;2*1H2. The molecule has 0 fully saturated rings. The zero-order valence-electron chi connectivity index (χ0n) is 59.3. The number of carboxylic acid groups (broad SMARTS) is 1. The van der Waals surface area contributed by atoms with Crippen molar-refractivity contribution in [3.05, 3.63) is 143 Å². The quantitative estimate of drug-likeness (QED) is 0.0504. The number of hydrogen-bond donors (Lipinski definition) is 2. The van der Waals surface area contributed by atoms with Gasteiger partial charge in [0.05, 0.1) is 23.0 Å². The van der Waals surface area contributed by atoms with Crippen LogP contribution in [0.4, 0.5) is 0 Å². The molecule has 0 bridgehead atoms. The smallest absolute Gasteiger partial charge is 0.305 e. The molecule has 17 nitrogen and oxygen atoms in total. The molecule has 6 rings (SSSR count). The molecule has 0 aliphatic heterocycles. The zero-order valence-corrected chi connectivity index (χ0v) is 59.3. The molecule has 6 aromatic rings. The minimum atomic E-state index is -0.741. The van der Waals surface area contributed by atoms with Gasteiger partial charge in [-0.3, -0.25) is 28.4 Å². The molecular formula is C74H117N9O8. The van der Waals surface area contributed by atoms with Gasteiger partial charge in [-0.25, -0.2) is 0 Å². The predicted octanol–water partition coefficient (Wildman–Crippen LogP) is 14.9. The molecule has 0 saturated carbocycles. The predicted molar refractivity (Wildman–Crippen MR) is 373 cm³/mol. The van der Waals surface area contributed by atoms with Crippen molar-refractivity contribution >= 4 is 36.9 Å². The lowest BCUT2D eigenvalue weighted by Gasteiger charge is -2.01. The van der Waals surface area contributed by atoms with Crippen LogP contribution >= 0.6 is 0 Å². The van der Waals surface area contributed by atoms with E-state index in [4.69, 9.17) is 32.6 Å². The summed E-state index contributed by atoms with van der Waals surface area (Å²) in [5.41, 5.74) is 6.67. The first-order valence-electron chi connectivity index (χ1n) is 31.5. The lowest BCUT2D eigenvalue weighted by Crippen LogP contribution is -2.06. The van der Waals surface area contributed by atoms with Gasteiger partial charge in [-0.2, -0.15) is 0 Å². The summed E-state index contributed by atoms with van der Waals surface area (Å²) in [5, 5.41) is 40.8.